The van der Waals surface area contributed by atoms with Gasteiger partial charge in [-0.1, -0.05) is 49.6 Å². The fourth-order valence-corrected chi connectivity index (χ4v) is 3.42. The molecule has 2 aromatic carbocycles. The van der Waals surface area contributed by atoms with E-state index in [0.29, 0.717) is 11.1 Å². The van der Waals surface area contributed by atoms with E-state index in [1.165, 1.54) is 12.1 Å². The molecule has 0 saturated heterocycles. The minimum absolute atomic E-state index is 0.0488. The number of aromatic carboxylic acids is 1. The maximum absolute atomic E-state index is 12.7. The standard InChI is InChI=1S/C20H20O4/c21-18(14-9-5-2-6-10-14)17-12-15(20(23)24)11-16(19(17)22)13-7-3-1-4-8-13/h2,5-6,9-13,22H,1,3-4,7-8H2,(H,23,24). The number of carbonyl (C=O) groups excluding carboxylic acids is 1. The van der Waals surface area contributed by atoms with E-state index in [0.717, 1.165) is 32.1 Å². The first-order chi connectivity index (χ1) is 11.6. The lowest BCUT2D eigenvalue weighted by atomic mass is 9.81. The molecular formula is C20H20O4. The van der Waals surface area contributed by atoms with Gasteiger partial charge in [-0.3, -0.25) is 4.79 Å². The van der Waals surface area contributed by atoms with Gasteiger partial charge < -0.3 is 10.2 Å². The van der Waals surface area contributed by atoms with Gasteiger partial charge in [0, 0.05) is 5.56 Å². The fourth-order valence-electron chi connectivity index (χ4n) is 3.42. The van der Waals surface area contributed by atoms with Crippen LogP contribution in [0.25, 0.3) is 0 Å². The first-order valence-electron chi connectivity index (χ1n) is 8.28. The normalized spacial score (nSPS) is 15.2. The number of rotatable bonds is 4. The largest absolute Gasteiger partial charge is 0.507 e. The predicted molar refractivity (Wildman–Crippen MR) is 90.8 cm³/mol. The molecule has 0 bridgehead atoms. The van der Waals surface area contributed by atoms with Crippen molar-refractivity contribution in [3.63, 3.8) is 0 Å². The van der Waals surface area contributed by atoms with Gasteiger partial charge in [0.2, 0.25) is 0 Å². The smallest absolute Gasteiger partial charge is 0.335 e. The molecule has 0 heterocycles. The van der Waals surface area contributed by atoms with Crippen LogP contribution in [0.5, 0.6) is 5.75 Å². The van der Waals surface area contributed by atoms with Gasteiger partial charge in [0.05, 0.1) is 11.1 Å². The fraction of sp³-hybridized carbons (Fsp3) is 0.300. The molecule has 0 amide bonds. The summed E-state index contributed by atoms with van der Waals surface area (Å²) in [5.74, 6) is -1.40. The molecule has 4 nitrogen and oxygen atoms in total. The molecular weight excluding hydrogens is 304 g/mol. The van der Waals surface area contributed by atoms with Crippen molar-refractivity contribution >= 4 is 11.8 Å². The van der Waals surface area contributed by atoms with Gasteiger partial charge in [0.1, 0.15) is 5.75 Å². The third-order valence-corrected chi connectivity index (χ3v) is 4.71. The second kappa shape index (κ2) is 6.87. The Kier molecular flexibility index (Phi) is 4.65. The first kappa shape index (κ1) is 16.2. The molecule has 1 fully saturated rings. The number of aromatic hydroxyl groups is 1. The molecule has 1 aliphatic rings. The van der Waals surface area contributed by atoms with E-state index < -0.39 is 5.97 Å². The maximum atomic E-state index is 12.7. The number of carboxylic acids is 1. The molecule has 2 aromatic rings. The number of phenols is 1. The zero-order valence-electron chi connectivity index (χ0n) is 13.4. The lowest BCUT2D eigenvalue weighted by Crippen LogP contribution is -2.11. The van der Waals surface area contributed by atoms with E-state index in [-0.39, 0.29) is 28.6 Å². The van der Waals surface area contributed by atoms with Crippen LogP contribution in [0.3, 0.4) is 0 Å². The minimum Gasteiger partial charge on any atom is -0.507 e. The maximum Gasteiger partial charge on any atom is 0.335 e. The predicted octanol–water partition coefficient (Wildman–Crippen LogP) is 4.37. The Hall–Kier alpha value is -2.62. The average molecular weight is 324 g/mol. The summed E-state index contributed by atoms with van der Waals surface area (Å²) in [4.78, 5) is 24.2. The third kappa shape index (κ3) is 3.18. The molecule has 4 heteroatoms. The molecule has 0 aromatic heterocycles. The second-order valence-corrected chi connectivity index (χ2v) is 6.30. The van der Waals surface area contributed by atoms with Crippen LogP contribution in [0.15, 0.2) is 42.5 Å². The Morgan fingerprint density at radius 2 is 1.58 bits per heavy atom. The van der Waals surface area contributed by atoms with Crippen molar-refractivity contribution in [1.29, 1.82) is 0 Å². The molecule has 24 heavy (non-hydrogen) atoms. The molecule has 0 unspecified atom stereocenters. The molecule has 0 radical (unpaired) electrons. The summed E-state index contributed by atoms with van der Waals surface area (Å²) in [6, 6.07) is 11.4. The number of carboxylic acid groups (broad SMARTS) is 1. The zero-order chi connectivity index (χ0) is 17.1. The Balaban J connectivity index is 2.09. The zero-order valence-corrected chi connectivity index (χ0v) is 13.4. The summed E-state index contributed by atoms with van der Waals surface area (Å²) in [5, 5.41) is 20.0. The van der Waals surface area contributed by atoms with Crippen LogP contribution in [-0.4, -0.2) is 22.0 Å². The highest BCUT2D eigenvalue weighted by molar-refractivity contribution is 6.11. The van der Waals surface area contributed by atoms with Gasteiger partial charge in [-0.05, 0) is 36.5 Å². The summed E-state index contributed by atoms with van der Waals surface area (Å²) in [6.07, 6.45) is 5.10. The number of phenolic OH excluding ortho intramolecular Hbond substituents is 1. The monoisotopic (exact) mass is 324 g/mol. The number of benzene rings is 2. The second-order valence-electron chi connectivity index (χ2n) is 6.30. The lowest BCUT2D eigenvalue weighted by molar-refractivity contribution is 0.0696. The quantitative estimate of drug-likeness (QED) is 0.819. The molecule has 2 N–H and O–H groups in total. The molecule has 0 aliphatic heterocycles. The van der Waals surface area contributed by atoms with Gasteiger partial charge >= 0.3 is 5.97 Å². The van der Waals surface area contributed by atoms with Crippen LogP contribution in [-0.2, 0) is 0 Å². The van der Waals surface area contributed by atoms with E-state index in [9.17, 15) is 19.8 Å². The van der Waals surface area contributed by atoms with Crippen molar-refractivity contribution in [2.45, 2.75) is 38.0 Å². The molecule has 1 saturated carbocycles. The summed E-state index contributed by atoms with van der Waals surface area (Å²) in [5.41, 5.74) is 1.15. The highest BCUT2D eigenvalue weighted by Gasteiger charge is 2.25. The molecule has 0 atom stereocenters. The van der Waals surface area contributed by atoms with Gasteiger partial charge in [-0.2, -0.15) is 0 Å². The number of hydrogen-bond acceptors (Lipinski definition) is 3. The highest BCUT2D eigenvalue weighted by Crippen LogP contribution is 2.39. The van der Waals surface area contributed by atoms with Crippen LogP contribution < -0.4 is 0 Å². The number of ketones is 1. The highest BCUT2D eigenvalue weighted by atomic mass is 16.4. The van der Waals surface area contributed by atoms with Crippen LogP contribution in [0.4, 0.5) is 0 Å². The van der Waals surface area contributed by atoms with Crippen molar-refractivity contribution in [2.75, 3.05) is 0 Å². The number of hydrogen-bond donors (Lipinski definition) is 2. The van der Waals surface area contributed by atoms with E-state index in [2.05, 4.69) is 0 Å². The van der Waals surface area contributed by atoms with Gasteiger partial charge in [0.15, 0.2) is 5.78 Å². The van der Waals surface area contributed by atoms with E-state index in [1.54, 1.807) is 30.3 Å². The van der Waals surface area contributed by atoms with Crippen LogP contribution in [0, 0.1) is 0 Å². The summed E-state index contributed by atoms with van der Waals surface area (Å²) >= 11 is 0. The summed E-state index contributed by atoms with van der Waals surface area (Å²) in [7, 11) is 0. The first-order valence-corrected chi connectivity index (χ1v) is 8.28. The van der Waals surface area contributed by atoms with Crippen LogP contribution in [0.2, 0.25) is 0 Å². The van der Waals surface area contributed by atoms with Gasteiger partial charge in [0.25, 0.3) is 0 Å². The van der Waals surface area contributed by atoms with Crippen LogP contribution in [0.1, 0.15) is 69.9 Å². The van der Waals surface area contributed by atoms with E-state index in [4.69, 9.17) is 0 Å². The molecule has 1 aliphatic carbocycles. The van der Waals surface area contributed by atoms with Crippen molar-refractivity contribution in [3.05, 3.63) is 64.7 Å². The molecule has 124 valence electrons. The van der Waals surface area contributed by atoms with Gasteiger partial charge in [-0.25, -0.2) is 4.79 Å². The summed E-state index contributed by atoms with van der Waals surface area (Å²) in [6.45, 7) is 0. The topological polar surface area (TPSA) is 74.6 Å². The average Bonchev–Trinajstić information content (AvgIpc) is 2.62. The van der Waals surface area contributed by atoms with Crippen molar-refractivity contribution in [3.8, 4) is 5.75 Å². The Bertz CT molecular complexity index is 759. The Morgan fingerprint density at radius 1 is 0.917 bits per heavy atom. The van der Waals surface area contributed by atoms with Crippen molar-refractivity contribution in [2.24, 2.45) is 0 Å². The molecule has 0 spiro atoms. The van der Waals surface area contributed by atoms with Crippen LogP contribution >= 0.6 is 0 Å². The number of carbonyl (C=O) groups is 2. The SMILES string of the molecule is O=C(O)c1cc(C(=O)c2ccccc2)c(O)c(C2CCCCC2)c1. The Labute approximate surface area is 140 Å². The third-order valence-electron chi connectivity index (χ3n) is 4.71. The van der Waals surface area contributed by atoms with Crippen molar-refractivity contribution < 1.29 is 19.8 Å². The van der Waals surface area contributed by atoms with E-state index >= 15 is 0 Å². The lowest BCUT2D eigenvalue weighted by Gasteiger charge is -2.24. The van der Waals surface area contributed by atoms with Gasteiger partial charge in [-0.15, -0.1) is 0 Å². The summed E-state index contributed by atoms with van der Waals surface area (Å²) < 4.78 is 0. The van der Waals surface area contributed by atoms with E-state index in [1.807, 2.05) is 0 Å². The molecule has 3 rings (SSSR count). The minimum atomic E-state index is -1.09. The van der Waals surface area contributed by atoms with Crippen molar-refractivity contribution in [1.82, 2.24) is 0 Å². The Morgan fingerprint density at radius 3 is 2.21 bits per heavy atom.